The lowest BCUT2D eigenvalue weighted by Gasteiger charge is -2.35. The van der Waals surface area contributed by atoms with Gasteiger partial charge in [-0.15, -0.1) is 0 Å². The monoisotopic (exact) mass is 404 g/mol. The Kier molecular flexibility index (Phi) is 4.96. The Bertz CT molecular complexity index is 785. The summed E-state index contributed by atoms with van der Waals surface area (Å²) >= 11 is 3.64. The van der Waals surface area contributed by atoms with Crippen LogP contribution in [0.4, 0.5) is 5.69 Å². The van der Waals surface area contributed by atoms with Crippen molar-refractivity contribution in [1.29, 1.82) is 0 Å². The van der Waals surface area contributed by atoms with Gasteiger partial charge in [0.05, 0.1) is 9.95 Å². The third-order valence-electron chi connectivity index (χ3n) is 4.79. The average molecular weight is 405 g/mol. The highest BCUT2D eigenvalue weighted by Crippen LogP contribution is 2.65. The van der Waals surface area contributed by atoms with E-state index in [1.54, 1.807) is 11.8 Å². The number of hydrogen-bond acceptors (Lipinski definition) is 5. The lowest BCUT2D eigenvalue weighted by Crippen LogP contribution is -2.41. The Morgan fingerprint density at radius 1 is 0.926 bits per heavy atom. The number of ether oxygens (including phenoxy) is 1. The summed E-state index contributed by atoms with van der Waals surface area (Å²) in [4.78, 5) is 8.55. The van der Waals surface area contributed by atoms with E-state index in [9.17, 15) is 0 Å². The standard InChI is InChI=1S/C22H32N2OS2/c1-19(2,3)16-17(24(9)15-13-11-10-12-14-15)25-22(26-16)21(7,8)23-18(27-22)20(4,5)6/h10-14H,1-9H3/t22-/m1/s1. The first-order valence-electron chi connectivity index (χ1n) is 9.48. The minimum Gasteiger partial charge on any atom is -0.448 e. The molecule has 2 heterocycles. The quantitative estimate of drug-likeness (QED) is 0.546. The molecule has 0 unspecified atom stereocenters. The van der Waals surface area contributed by atoms with Crippen LogP contribution >= 0.6 is 23.5 Å². The van der Waals surface area contributed by atoms with Gasteiger partial charge in [0.1, 0.15) is 5.54 Å². The van der Waals surface area contributed by atoms with Gasteiger partial charge in [0.2, 0.25) is 10.1 Å². The van der Waals surface area contributed by atoms with Crippen molar-refractivity contribution >= 4 is 34.3 Å². The Morgan fingerprint density at radius 3 is 2.00 bits per heavy atom. The second-order valence-corrected chi connectivity index (χ2v) is 12.5. The maximum absolute atomic E-state index is 6.82. The normalized spacial score (nSPS) is 25.0. The number of aliphatic imine (C=N–C) groups is 1. The van der Waals surface area contributed by atoms with Crippen LogP contribution in [-0.4, -0.2) is 21.9 Å². The molecule has 0 aliphatic carbocycles. The molecule has 2 aliphatic heterocycles. The van der Waals surface area contributed by atoms with Crippen LogP contribution in [0, 0.1) is 10.8 Å². The summed E-state index contributed by atoms with van der Waals surface area (Å²) in [5, 5.41) is 1.16. The third kappa shape index (κ3) is 3.65. The van der Waals surface area contributed by atoms with E-state index in [4.69, 9.17) is 9.73 Å². The zero-order valence-corrected chi connectivity index (χ0v) is 19.6. The molecule has 0 N–H and O–H groups in total. The molecular weight excluding hydrogens is 372 g/mol. The minimum atomic E-state index is -0.462. The van der Waals surface area contributed by atoms with E-state index >= 15 is 0 Å². The van der Waals surface area contributed by atoms with Crippen molar-refractivity contribution in [2.24, 2.45) is 15.8 Å². The number of allylic oxidation sites excluding steroid dienone is 1. The van der Waals surface area contributed by atoms with Gasteiger partial charge in [0.15, 0.2) is 0 Å². The van der Waals surface area contributed by atoms with E-state index in [1.165, 1.54) is 4.91 Å². The van der Waals surface area contributed by atoms with E-state index in [2.05, 4.69) is 91.6 Å². The number of thioether (sulfide) groups is 2. The number of nitrogens with zero attached hydrogens (tertiary/aromatic N) is 2. The Balaban J connectivity index is 2.02. The summed E-state index contributed by atoms with van der Waals surface area (Å²) in [5.74, 6) is 0.949. The van der Waals surface area contributed by atoms with Crippen molar-refractivity contribution in [2.45, 2.75) is 65.2 Å². The molecule has 0 fully saturated rings. The molecule has 0 saturated heterocycles. The molecular formula is C22H32N2OS2. The molecule has 3 nitrogen and oxygen atoms in total. The van der Waals surface area contributed by atoms with Crippen LogP contribution in [0.3, 0.4) is 0 Å². The fraction of sp³-hybridized carbons (Fsp3) is 0.591. The molecule has 1 spiro atoms. The second-order valence-electron chi connectivity index (χ2n) is 9.87. The molecule has 3 rings (SSSR count). The van der Waals surface area contributed by atoms with Gasteiger partial charge in [-0.2, -0.15) is 0 Å². The van der Waals surface area contributed by atoms with Gasteiger partial charge in [-0.05, 0) is 43.2 Å². The fourth-order valence-corrected chi connectivity index (χ4v) is 6.21. The highest BCUT2D eigenvalue weighted by Gasteiger charge is 2.61. The fourth-order valence-electron chi connectivity index (χ4n) is 3.05. The van der Waals surface area contributed by atoms with Crippen molar-refractivity contribution in [3.8, 4) is 0 Å². The van der Waals surface area contributed by atoms with Crippen molar-refractivity contribution in [3.63, 3.8) is 0 Å². The van der Waals surface area contributed by atoms with Crippen LogP contribution in [0.25, 0.3) is 0 Å². The number of anilines is 1. The van der Waals surface area contributed by atoms with E-state index in [0.29, 0.717) is 0 Å². The molecule has 0 amide bonds. The Morgan fingerprint density at radius 2 is 1.52 bits per heavy atom. The summed E-state index contributed by atoms with van der Waals surface area (Å²) < 4.78 is 6.36. The van der Waals surface area contributed by atoms with Gasteiger partial charge in [0, 0.05) is 18.2 Å². The first-order chi connectivity index (χ1) is 12.3. The zero-order chi connectivity index (χ0) is 20.3. The number of benzene rings is 1. The van der Waals surface area contributed by atoms with Gasteiger partial charge < -0.3 is 9.64 Å². The molecule has 0 saturated carbocycles. The predicted octanol–water partition coefficient (Wildman–Crippen LogP) is 6.73. The SMILES string of the molecule is CN(C1=C(C(C)(C)C)S[C@@]2(O1)SC(C(C)(C)C)=NC2(C)C)c1ccccc1. The maximum atomic E-state index is 6.82. The van der Waals surface area contributed by atoms with Gasteiger partial charge in [0.25, 0.3) is 0 Å². The average Bonchev–Trinajstić information content (AvgIpc) is 3.06. The topological polar surface area (TPSA) is 24.8 Å². The molecule has 5 heteroatoms. The number of hydrogen-bond donors (Lipinski definition) is 0. The summed E-state index contributed by atoms with van der Waals surface area (Å²) in [5.41, 5.74) is 0.823. The lowest BCUT2D eigenvalue weighted by atomic mass is 9.96. The maximum Gasteiger partial charge on any atom is 0.237 e. The third-order valence-corrected chi connectivity index (χ3v) is 8.89. The molecule has 27 heavy (non-hydrogen) atoms. The molecule has 0 radical (unpaired) electrons. The lowest BCUT2D eigenvalue weighted by molar-refractivity contribution is 0.111. The first kappa shape index (κ1) is 20.7. The van der Waals surface area contributed by atoms with Crippen LogP contribution in [0.15, 0.2) is 46.1 Å². The summed E-state index contributed by atoms with van der Waals surface area (Å²) in [6.45, 7) is 17.8. The van der Waals surface area contributed by atoms with Gasteiger partial charge in [-0.3, -0.25) is 4.99 Å². The van der Waals surface area contributed by atoms with Crippen LogP contribution in [0.1, 0.15) is 55.4 Å². The predicted molar refractivity (Wildman–Crippen MR) is 121 cm³/mol. The largest absolute Gasteiger partial charge is 0.448 e. The van der Waals surface area contributed by atoms with E-state index in [0.717, 1.165) is 16.6 Å². The van der Waals surface area contributed by atoms with E-state index in [1.807, 2.05) is 17.8 Å². The highest BCUT2D eigenvalue weighted by atomic mass is 32.2. The summed E-state index contributed by atoms with van der Waals surface area (Å²) in [6, 6.07) is 10.4. The second kappa shape index (κ2) is 6.48. The molecule has 1 aromatic rings. The minimum absolute atomic E-state index is 0.00628. The van der Waals surface area contributed by atoms with Crippen molar-refractivity contribution in [2.75, 3.05) is 11.9 Å². The van der Waals surface area contributed by atoms with Crippen molar-refractivity contribution < 1.29 is 4.74 Å². The van der Waals surface area contributed by atoms with Crippen LogP contribution < -0.4 is 4.90 Å². The van der Waals surface area contributed by atoms with E-state index < -0.39 is 4.27 Å². The van der Waals surface area contributed by atoms with Crippen LogP contribution in [0.2, 0.25) is 0 Å². The van der Waals surface area contributed by atoms with Crippen molar-refractivity contribution in [1.82, 2.24) is 0 Å². The summed E-state index contributed by atoms with van der Waals surface area (Å²) in [7, 11) is 2.09. The molecule has 148 valence electrons. The molecule has 1 atom stereocenters. The Labute approximate surface area is 173 Å². The van der Waals surface area contributed by atoms with Gasteiger partial charge in [-0.25, -0.2) is 0 Å². The first-order valence-corrected chi connectivity index (χ1v) is 11.1. The molecule has 1 aromatic carbocycles. The van der Waals surface area contributed by atoms with Crippen molar-refractivity contribution in [3.05, 3.63) is 41.1 Å². The summed E-state index contributed by atoms with van der Waals surface area (Å²) in [6.07, 6.45) is 0. The smallest absolute Gasteiger partial charge is 0.237 e. The molecule has 0 bridgehead atoms. The van der Waals surface area contributed by atoms with Gasteiger partial charge >= 0.3 is 0 Å². The van der Waals surface area contributed by atoms with E-state index in [-0.39, 0.29) is 16.4 Å². The zero-order valence-electron chi connectivity index (χ0n) is 18.0. The number of para-hydroxylation sites is 1. The molecule has 0 aromatic heterocycles. The van der Waals surface area contributed by atoms with Gasteiger partial charge in [-0.1, -0.05) is 71.5 Å². The number of rotatable bonds is 2. The molecule has 2 aliphatic rings. The van der Waals surface area contributed by atoms with Crippen LogP contribution in [0.5, 0.6) is 0 Å². The van der Waals surface area contributed by atoms with Crippen LogP contribution in [-0.2, 0) is 4.74 Å². The Hall–Kier alpha value is -1.07. The highest BCUT2D eigenvalue weighted by molar-refractivity contribution is 8.27.